The van der Waals surface area contributed by atoms with Gasteiger partial charge in [-0.05, 0) is 42.5 Å². The minimum absolute atomic E-state index is 0.174. The molecule has 1 amide bonds. The van der Waals surface area contributed by atoms with Crippen LogP contribution in [0.4, 0.5) is 13.2 Å². The van der Waals surface area contributed by atoms with Crippen molar-refractivity contribution in [1.29, 1.82) is 0 Å². The fourth-order valence-electron chi connectivity index (χ4n) is 3.74. The number of amides is 1. The van der Waals surface area contributed by atoms with Crippen LogP contribution in [0.1, 0.15) is 35.8 Å². The minimum atomic E-state index is -4.63. The van der Waals surface area contributed by atoms with E-state index in [1.54, 1.807) is 18.2 Å². The van der Waals surface area contributed by atoms with Crippen molar-refractivity contribution in [3.8, 4) is 0 Å². The number of halogens is 3. The third-order valence-corrected chi connectivity index (χ3v) is 4.91. The number of aromatic nitrogens is 2. The van der Waals surface area contributed by atoms with Gasteiger partial charge in [-0.2, -0.15) is 13.2 Å². The van der Waals surface area contributed by atoms with Gasteiger partial charge in [-0.3, -0.25) is 4.79 Å². The number of alkyl halides is 3. The third kappa shape index (κ3) is 3.41. The highest BCUT2D eigenvalue weighted by molar-refractivity contribution is 5.81. The van der Waals surface area contributed by atoms with Gasteiger partial charge in [-0.1, -0.05) is 36.4 Å². The fraction of sp³-hybridized carbons (Fsp3) is 0.300. The molecule has 0 unspecified atom stereocenters. The van der Waals surface area contributed by atoms with Crippen LogP contribution in [0, 0.1) is 0 Å². The number of aryl methyl sites for hydroxylation is 1. The SMILES string of the molecule is O=C(Cn1c(C(F)(F)F)nc2ccccc21)N[C@@H]1CCCc2ccccc21. The second-order valence-corrected chi connectivity index (χ2v) is 6.72. The van der Waals surface area contributed by atoms with Gasteiger partial charge >= 0.3 is 6.18 Å². The van der Waals surface area contributed by atoms with Gasteiger partial charge in [-0.15, -0.1) is 0 Å². The number of rotatable bonds is 3. The molecule has 0 fully saturated rings. The molecule has 1 aromatic heterocycles. The largest absolute Gasteiger partial charge is 0.449 e. The summed E-state index contributed by atoms with van der Waals surface area (Å²) in [6.45, 7) is -0.423. The van der Waals surface area contributed by atoms with Crippen molar-refractivity contribution in [3.63, 3.8) is 0 Å². The molecule has 0 spiro atoms. The van der Waals surface area contributed by atoms with E-state index in [9.17, 15) is 18.0 Å². The van der Waals surface area contributed by atoms with Crippen molar-refractivity contribution in [2.24, 2.45) is 0 Å². The number of benzene rings is 2. The molecule has 1 aliphatic carbocycles. The maximum absolute atomic E-state index is 13.4. The number of nitrogens with one attached hydrogen (secondary N) is 1. The van der Waals surface area contributed by atoms with E-state index in [1.807, 2.05) is 24.3 Å². The molecule has 1 aliphatic rings. The summed E-state index contributed by atoms with van der Waals surface area (Å²) in [5, 5.41) is 2.90. The lowest BCUT2D eigenvalue weighted by molar-refractivity contribution is -0.147. The van der Waals surface area contributed by atoms with Gasteiger partial charge < -0.3 is 9.88 Å². The zero-order valence-electron chi connectivity index (χ0n) is 14.5. The van der Waals surface area contributed by atoms with Gasteiger partial charge in [-0.25, -0.2) is 4.98 Å². The van der Waals surface area contributed by atoms with E-state index in [0.717, 1.165) is 29.4 Å². The molecule has 7 heteroatoms. The van der Waals surface area contributed by atoms with Gasteiger partial charge in [0.2, 0.25) is 11.7 Å². The minimum Gasteiger partial charge on any atom is -0.348 e. The van der Waals surface area contributed by atoms with Crippen LogP contribution in [-0.4, -0.2) is 15.5 Å². The number of para-hydroxylation sites is 2. The average Bonchev–Trinajstić information content (AvgIpc) is 3.01. The number of hydrogen-bond donors (Lipinski definition) is 1. The average molecular weight is 373 g/mol. The van der Waals surface area contributed by atoms with E-state index < -0.39 is 24.5 Å². The fourth-order valence-corrected chi connectivity index (χ4v) is 3.74. The highest BCUT2D eigenvalue weighted by atomic mass is 19.4. The summed E-state index contributed by atoms with van der Waals surface area (Å²) in [6, 6.07) is 14.0. The van der Waals surface area contributed by atoms with E-state index in [2.05, 4.69) is 10.3 Å². The Hall–Kier alpha value is -2.83. The normalized spacial score (nSPS) is 16.9. The third-order valence-electron chi connectivity index (χ3n) is 4.91. The Morgan fingerprint density at radius 2 is 1.89 bits per heavy atom. The van der Waals surface area contributed by atoms with Crippen molar-refractivity contribution >= 4 is 16.9 Å². The number of fused-ring (bicyclic) bond motifs is 2. The van der Waals surface area contributed by atoms with Gasteiger partial charge in [0, 0.05) is 0 Å². The Morgan fingerprint density at radius 3 is 2.70 bits per heavy atom. The molecule has 1 atom stereocenters. The van der Waals surface area contributed by atoms with E-state index in [4.69, 9.17) is 0 Å². The van der Waals surface area contributed by atoms with E-state index in [-0.39, 0.29) is 11.6 Å². The highest BCUT2D eigenvalue weighted by Gasteiger charge is 2.38. The molecule has 0 bridgehead atoms. The summed E-state index contributed by atoms with van der Waals surface area (Å²) in [4.78, 5) is 16.3. The molecule has 0 radical (unpaired) electrons. The van der Waals surface area contributed by atoms with Crippen LogP contribution < -0.4 is 5.32 Å². The zero-order chi connectivity index (χ0) is 19.0. The predicted molar refractivity (Wildman–Crippen MR) is 95.0 cm³/mol. The first-order chi connectivity index (χ1) is 12.9. The summed E-state index contributed by atoms with van der Waals surface area (Å²) in [5.74, 6) is -1.51. The second kappa shape index (κ2) is 6.72. The Kier molecular flexibility index (Phi) is 4.37. The summed E-state index contributed by atoms with van der Waals surface area (Å²) < 4.78 is 41.1. The Labute approximate surface area is 154 Å². The summed E-state index contributed by atoms with van der Waals surface area (Å²) in [5.41, 5.74) is 2.74. The van der Waals surface area contributed by atoms with Crippen LogP contribution in [0.5, 0.6) is 0 Å². The second-order valence-electron chi connectivity index (χ2n) is 6.72. The molecule has 27 heavy (non-hydrogen) atoms. The molecular weight excluding hydrogens is 355 g/mol. The first-order valence-corrected chi connectivity index (χ1v) is 8.83. The van der Waals surface area contributed by atoms with Gasteiger partial charge in [0.1, 0.15) is 6.54 Å². The predicted octanol–water partition coefficient (Wildman–Crippen LogP) is 4.25. The summed E-state index contributed by atoms with van der Waals surface area (Å²) in [6.07, 6.45) is -1.97. The Bertz CT molecular complexity index is 994. The number of imidazole rings is 1. The van der Waals surface area contributed by atoms with Crippen molar-refractivity contribution in [2.45, 2.75) is 38.0 Å². The lowest BCUT2D eigenvalue weighted by atomic mass is 9.88. The van der Waals surface area contributed by atoms with Crippen LogP contribution in [0.2, 0.25) is 0 Å². The molecular formula is C20H18F3N3O. The summed E-state index contributed by atoms with van der Waals surface area (Å²) >= 11 is 0. The van der Waals surface area contributed by atoms with E-state index in [1.165, 1.54) is 11.6 Å². The number of hydrogen-bond acceptors (Lipinski definition) is 2. The number of carbonyl (C=O) groups is 1. The first kappa shape index (κ1) is 17.6. The number of nitrogens with zero attached hydrogens (tertiary/aromatic N) is 2. The molecule has 0 saturated carbocycles. The zero-order valence-corrected chi connectivity index (χ0v) is 14.5. The maximum Gasteiger partial charge on any atom is 0.449 e. The maximum atomic E-state index is 13.4. The summed E-state index contributed by atoms with van der Waals surface area (Å²) in [7, 11) is 0. The first-order valence-electron chi connectivity index (χ1n) is 8.83. The molecule has 1 heterocycles. The topological polar surface area (TPSA) is 46.9 Å². The standard InChI is InChI=1S/C20H18F3N3O/c21-20(22,23)19-25-16-9-3-4-11-17(16)26(19)12-18(27)24-15-10-5-7-13-6-1-2-8-14(13)15/h1-4,6,8-9,11,15H,5,7,10,12H2,(H,24,27)/t15-/m1/s1. The van der Waals surface area contributed by atoms with Crippen LogP contribution in [0.15, 0.2) is 48.5 Å². The Morgan fingerprint density at radius 1 is 1.15 bits per heavy atom. The van der Waals surface area contributed by atoms with Crippen LogP contribution in [0.25, 0.3) is 11.0 Å². The molecule has 1 N–H and O–H groups in total. The van der Waals surface area contributed by atoms with Gasteiger partial charge in [0.05, 0.1) is 17.1 Å². The van der Waals surface area contributed by atoms with Crippen molar-refractivity contribution < 1.29 is 18.0 Å². The lowest BCUT2D eigenvalue weighted by Crippen LogP contribution is -2.34. The molecule has 3 aromatic rings. The van der Waals surface area contributed by atoms with Crippen LogP contribution >= 0.6 is 0 Å². The van der Waals surface area contributed by atoms with E-state index >= 15 is 0 Å². The molecule has 0 aliphatic heterocycles. The number of carbonyl (C=O) groups excluding carboxylic acids is 1. The smallest absolute Gasteiger partial charge is 0.348 e. The van der Waals surface area contributed by atoms with Crippen LogP contribution in [0.3, 0.4) is 0 Å². The van der Waals surface area contributed by atoms with Crippen molar-refractivity contribution in [2.75, 3.05) is 0 Å². The van der Waals surface area contributed by atoms with Crippen LogP contribution in [-0.2, 0) is 23.9 Å². The molecule has 4 nitrogen and oxygen atoms in total. The molecule has 2 aromatic carbocycles. The molecule has 140 valence electrons. The quantitative estimate of drug-likeness (QED) is 0.746. The van der Waals surface area contributed by atoms with E-state index in [0.29, 0.717) is 5.52 Å². The monoisotopic (exact) mass is 373 g/mol. The highest BCUT2D eigenvalue weighted by Crippen LogP contribution is 2.32. The molecule has 4 rings (SSSR count). The van der Waals surface area contributed by atoms with Gasteiger partial charge in [0.25, 0.3) is 0 Å². The van der Waals surface area contributed by atoms with Crippen molar-refractivity contribution in [1.82, 2.24) is 14.9 Å². The lowest BCUT2D eigenvalue weighted by Gasteiger charge is -2.26. The van der Waals surface area contributed by atoms with Gasteiger partial charge in [0.15, 0.2) is 0 Å². The molecule has 0 saturated heterocycles. The Balaban J connectivity index is 1.61. The van der Waals surface area contributed by atoms with Crippen molar-refractivity contribution in [3.05, 3.63) is 65.5 Å².